The highest BCUT2D eigenvalue weighted by Crippen LogP contribution is 2.28. The van der Waals surface area contributed by atoms with Gasteiger partial charge in [0.1, 0.15) is 0 Å². The molecule has 0 aliphatic carbocycles. The van der Waals surface area contributed by atoms with Crippen molar-refractivity contribution in [3.63, 3.8) is 0 Å². The lowest BCUT2D eigenvalue weighted by atomic mass is 10.2. The molecular formula is C14H18O4. The molecule has 0 aromatic heterocycles. The SMILES string of the molecule is CCCCOc1ccc(/C=C\C(=O)O)cc1OC. The number of rotatable bonds is 7. The van der Waals surface area contributed by atoms with Gasteiger partial charge in [0.15, 0.2) is 11.5 Å². The van der Waals surface area contributed by atoms with Crippen LogP contribution in [0.4, 0.5) is 0 Å². The molecule has 1 rings (SSSR count). The molecule has 98 valence electrons. The Kier molecular flexibility index (Phi) is 5.77. The third-order valence-corrected chi connectivity index (χ3v) is 2.36. The number of methoxy groups -OCH3 is 1. The summed E-state index contributed by atoms with van der Waals surface area (Å²) in [6.45, 7) is 2.75. The molecule has 0 saturated carbocycles. The molecule has 1 N–H and O–H groups in total. The van der Waals surface area contributed by atoms with Gasteiger partial charge in [-0.2, -0.15) is 0 Å². The molecule has 18 heavy (non-hydrogen) atoms. The third kappa shape index (κ3) is 4.49. The van der Waals surface area contributed by atoms with E-state index in [0.717, 1.165) is 24.5 Å². The number of aliphatic carboxylic acids is 1. The molecule has 0 spiro atoms. The van der Waals surface area contributed by atoms with Crippen molar-refractivity contribution in [1.29, 1.82) is 0 Å². The summed E-state index contributed by atoms with van der Waals surface area (Å²) in [7, 11) is 1.56. The molecule has 0 fully saturated rings. The first-order chi connectivity index (χ1) is 8.67. The molecule has 0 unspecified atom stereocenters. The number of carbonyl (C=O) groups is 1. The molecule has 1 aromatic carbocycles. The van der Waals surface area contributed by atoms with Crippen LogP contribution in [0.3, 0.4) is 0 Å². The van der Waals surface area contributed by atoms with Gasteiger partial charge in [-0.05, 0) is 30.2 Å². The maximum Gasteiger partial charge on any atom is 0.328 e. The highest BCUT2D eigenvalue weighted by atomic mass is 16.5. The molecule has 0 aliphatic rings. The summed E-state index contributed by atoms with van der Waals surface area (Å²) < 4.78 is 10.8. The van der Waals surface area contributed by atoms with Crippen molar-refractivity contribution < 1.29 is 19.4 Å². The fraction of sp³-hybridized carbons (Fsp3) is 0.357. The Morgan fingerprint density at radius 1 is 1.39 bits per heavy atom. The quantitative estimate of drug-likeness (QED) is 0.597. The molecule has 0 heterocycles. The van der Waals surface area contributed by atoms with Gasteiger partial charge in [-0.25, -0.2) is 4.79 Å². The van der Waals surface area contributed by atoms with Gasteiger partial charge in [0.05, 0.1) is 13.7 Å². The zero-order valence-electron chi connectivity index (χ0n) is 10.7. The second-order valence-electron chi connectivity index (χ2n) is 3.78. The molecule has 0 radical (unpaired) electrons. The van der Waals surface area contributed by atoms with Gasteiger partial charge < -0.3 is 14.6 Å². The van der Waals surface area contributed by atoms with E-state index in [9.17, 15) is 4.79 Å². The van der Waals surface area contributed by atoms with E-state index < -0.39 is 5.97 Å². The van der Waals surface area contributed by atoms with E-state index in [0.29, 0.717) is 18.1 Å². The molecule has 0 amide bonds. The van der Waals surface area contributed by atoms with Crippen LogP contribution in [0, 0.1) is 0 Å². The van der Waals surface area contributed by atoms with Crippen LogP contribution < -0.4 is 9.47 Å². The van der Waals surface area contributed by atoms with E-state index in [1.54, 1.807) is 25.3 Å². The molecule has 4 heteroatoms. The second-order valence-corrected chi connectivity index (χ2v) is 3.78. The van der Waals surface area contributed by atoms with Crippen molar-refractivity contribution in [3.05, 3.63) is 29.8 Å². The van der Waals surface area contributed by atoms with Crippen LogP contribution in [-0.4, -0.2) is 24.8 Å². The lowest BCUT2D eigenvalue weighted by Gasteiger charge is -2.10. The Morgan fingerprint density at radius 3 is 2.78 bits per heavy atom. The van der Waals surface area contributed by atoms with Crippen molar-refractivity contribution in [1.82, 2.24) is 0 Å². The molecule has 0 bridgehead atoms. The highest BCUT2D eigenvalue weighted by molar-refractivity contribution is 5.85. The number of ether oxygens (including phenoxy) is 2. The topological polar surface area (TPSA) is 55.8 Å². The lowest BCUT2D eigenvalue weighted by molar-refractivity contribution is -0.131. The minimum atomic E-state index is -0.975. The van der Waals surface area contributed by atoms with E-state index in [4.69, 9.17) is 14.6 Å². The summed E-state index contributed by atoms with van der Waals surface area (Å²) in [5.41, 5.74) is 0.761. The van der Waals surface area contributed by atoms with Gasteiger partial charge in [0, 0.05) is 6.08 Å². The lowest BCUT2D eigenvalue weighted by Crippen LogP contribution is -1.99. The highest BCUT2D eigenvalue weighted by Gasteiger charge is 2.04. The van der Waals surface area contributed by atoms with Crippen LogP contribution in [-0.2, 0) is 4.79 Å². The molecule has 0 aliphatic heterocycles. The minimum absolute atomic E-state index is 0.610. The molecule has 0 saturated heterocycles. The number of benzene rings is 1. The number of hydrogen-bond donors (Lipinski definition) is 1. The van der Waals surface area contributed by atoms with Crippen LogP contribution in [0.2, 0.25) is 0 Å². The Bertz CT molecular complexity index is 424. The largest absolute Gasteiger partial charge is 0.493 e. The Labute approximate surface area is 107 Å². The minimum Gasteiger partial charge on any atom is -0.493 e. The van der Waals surface area contributed by atoms with Gasteiger partial charge in [-0.3, -0.25) is 0 Å². The van der Waals surface area contributed by atoms with Crippen molar-refractivity contribution in [2.45, 2.75) is 19.8 Å². The second kappa shape index (κ2) is 7.37. The fourth-order valence-corrected chi connectivity index (χ4v) is 1.40. The van der Waals surface area contributed by atoms with Gasteiger partial charge in [0.2, 0.25) is 0 Å². The average molecular weight is 250 g/mol. The third-order valence-electron chi connectivity index (χ3n) is 2.36. The van der Waals surface area contributed by atoms with Crippen molar-refractivity contribution >= 4 is 12.0 Å². The zero-order valence-corrected chi connectivity index (χ0v) is 10.7. The summed E-state index contributed by atoms with van der Waals surface area (Å²) in [5.74, 6) is 0.314. The number of hydrogen-bond acceptors (Lipinski definition) is 3. The zero-order chi connectivity index (χ0) is 13.4. The Hall–Kier alpha value is -1.97. The van der Waals surface area contributed by atoms with E-state index in [1.807, 2.05) is 0 Å². The summed E-state index contributed by atoms with van der Waals surface area (Å²) in [6, 6.07) is 5.33. The predicted octanol–water partition coefficient (Wildman–Crippen LogP) is 2.97. The summed E-state index contributed by atoms with van der Waals surface area (Å²) in [4.78, 5) is 10.4. The van der Waals surface area contributed by atoms with Crippen LogP contribution in [0.25, 0.3) is 6.08 Å². The van der Waals surface area contributed by atoms with Gasteiger partial charge in [-0.1, -0.05) is 19.4 Å². The van der Waals surface area contributed by atoms with Gasteiger partial charge in [-0.15, -0.1) is 0 Å². The van der Waals surface area contributed by atoms with Crippen LogP contribution >= 0.6 is 0 Å². The normalized spacial score (nSPS) is 10.6. The van der Waals surface area contributed by atoms with Gasteiger partial charge >= 0.3 is 5.97 Å². The molecule has 4 nitrogen and oxygen atoms in total. The first-order valence-electron chi connectivity index (χ1n) is 5.89. The first kappa shape index (κ1) is 14.1. The number of carboxylic acid groups (broad SMARTS) is 1. The summed E-state index contributed by atoms with van der Waals surface area (Å²) in [6.07, 6.45) is 4.67. The maximum absolute atomic E-state index is 10.4. The van der Waals surface area contributed by atoms with E-state index in [1.165, 1.54) is 6.08 Å². The van der Waals surface area contributed by atoms with E-state index >= 15 is 0 Å². The standard InChI is InChI=1S/C14H18O4/c1-3-4-9-18-12-7-5-11(6-8-14(15)16)10-13(12)17-2/h5-8,10H,3-4,9H2,1-2H3,(H,15,16)/b8-6-. The number of unbranched alkanes of at least 4 members (excludes halogenated alkanes) is 1. The summed E-state index contributed by atoms with van der Waals surface area (Å²) in [5, 5.41) is 8.56. The smallest absolute Gasteiger partial charge is 0.328 e. The average Bonchev–Trinajstić information content (AvgIpc) is 2.37. The van der Waals surface area contributed by atoms with Crippen LogP contribution in [0.1, 0.15) is 25.3 Å². The number of carboxylic acids is 1. The van der Waals surface area contributed by atoms with Crippen molar-refractivity contribution in [3.8, 4) is 11.5 Å². The Balaban J connectivity index is 2.79. The van der Waals surface area contributed by atoms with E-state index in [-0.39, 0.29) is 0 Å². The fourth-order valence-electron chi connectivity index (χ4n) is 1.40. The molecule has 1 aromatic rings. The molecule has 0 atom stereocenters. The summed E-state index contributed by atoms with van der Waals surface area (Å²) >= 11 is 0. The van der Waals surface area contributed by atoms with Crippen molar-refractivity contribution in [2.24, 2.45) is 0 Å². The molecular weight excluding hydrogens is 232 g/mol. The Morgan fingerprint density at radius 2 is 2.17 bits per heavy atom. The monoisotopic (exact) mass is 250 g/mol. The van der Waals surface area contributed by atoms with Gasteiger partial charge in [0.25, 0.3) is 0 Å². The van der Waals surface area contributed by atoms with Crippen LogP contribution in [0.15, 0.2) is 24.3 Å². The maximum atomic E-state index is 10.4. The van der Waals surface area contributed by atoms with Crippen LogP contribution in [0.5, 0.6) is 11.5 Å². The van der Waals surface area contributed by atoms with E-state index in [2.05, 4.69) is 6.92 Å². The predicted molar refractivity (Wildman–Crippen MR) is 70.1 cm³/mol. The first-order valence-corrected chi connectivity index (χ1v) is 5.89. The van der Waals surface area contributed by atoms with Crippen molar-refractivity contribution in [2.75, 3.05) is 13.7 Å².